The second-order valence-electron chi connectivity index (χ2n) is 2.76. The van der Waals surface area contributed by atoms with E-state index >= 15 is 0 Å². The van der Waals surface area contributed by atoms with Crippen molar-refractivity contribution in [2.24, 2.45) is 0 Å². The van der Waals surface area contributed by atoms with E-state index in [1.165, 1.54) is 0 Å². The summed E-state index contributed by atoms with van der Waals surface area (Å²) < 4.78 is 26.4. The first-order valence-corrected chi connectivity index (χ1v) is 5.69. The molecule has 0 amide bonds. The van der Waals surface area contributed by atoms with Gasteiger partial charge in [-0.1, -0.05) is 0 Å². The molecule has 1 aromatic carbocycles. The summed E-state index contributed by atoms with van der Waals surface area (Å²) in [6.45, 7) is 0. The topological polar surface area (TPSA) is 69.4 Å². The third kappa shape index (κ3) is 3.80. The van der Waals surface area contributed by atoms with Crippen molar-refractivity contribution in [3.63, 3.8) is 0 Å². The van der Waals surface area contributed by atoms with E-state index in [2.05, 4.69) is 0 Å². The van der Waals surface area contributed by atoms with E-state index in [4.69, 9.17) is 10.5 Å². The molecule has 0 radical (unpaired) electrons. The molecule has 0 aliphatic heterocycles. The number of hydrogen-bond acceptors (Lipinski definition) is 4. The Morgan fingerprint density at radius 3 is 2.31 bits per heavy atom. The summed E-state index contributed by atoms with van der Waals surface area (Å²) in [5.74, 6) is 0.191. The van der Waals surface area contributed by atoms with Gasteiger partial charge in [0, 0.05) is 11.9 Å². The van der Waals surface area contributed by atoms with E-state index in [-0.39, 0.29) is 5.94 Å². The van der Waals surface area contributed by atoms with Crippen LogP contribution in [0.4, 0.5) is 5.69 Å². The van der Waals surface area contributed by atoms with Crippen LogP contribution in [-0.4, -0.2) is 20.6 Å². The first-order chi connectivity index (χ1) is 5.97. The van der Waals surface area contributed by atoms with Gasteiger partial charge in [0.2, 0.25) is 0 Å². The predicted octanol–water partition coefficient (Wildman–Crippen LogP) is 0.650. The van der Waals surface area contributed by atoms with Crippen LogP contribution in [0, 0.1) is 0 Å². The number of hydrogen-bond donors (Lipinski definition) is 1. The molecule has 0 saturated carbocycles. The van der Waals surface area contributed by atoms with E-state index in [1.807, 2.05) is 0 Å². The predicted molar refractivity (Wildman–Crippen MR) is 51.2 cm³/mol. The first kappa shape index (κ1) is 9.85. The van der Waals surface area contributed by atoms with Gasteiger partial charge < -0.3 is 10.5 Å². The second-order valence-corrected chi connectivity index (χ2v) is 4.84. The van der Waals surface area contributed by atoms with Crippen molar-refractivity contribution in [1.82, 2.24) is 0 Å². The number of rotatable bonds is 3. The minimum absolute atomic E-state index is 0.309. The molecular formula is C8H11NO3S. The van der Waals surface area contributed by atoms with Crippen molar-refractivity contribution in [2.45, 2.75) is 0 Å². The summed E-state index contributed by atoms with van der Waals surface area (Å²) in [5.41, 5.74) is 6.05. The number of anilines is 1. The van der Waals surface area contributed by atoms with Gasteiger partial charge in [0.05, 0.1) is 0 Å². The lowest BCUT2D eigenvalue weighted by molar-refractivity contribution is 0.378. The van der Waals surface area contributed by atoms with Crippen LogP contribution in [-0.2, 0) is 9.84 Å². The van der Waals surface area contributed by atoms with Gasteiger partial charge in [0.25, 0.3) is 0 Å². The van der Waals surface area contributed by atoms with E-state index in [1.54, 1.807) is 24.3 Å². The molecule has 5 heteroatoms. The van der Waals surface area contributed by atoms with Crippen LogP contribution in [0.1, 0.15) is 0 Å². The standard InChI is InChI=1S/C8H11NO3S/c1-13(10,11)6-12-8-4-2-7(9)3-5-8/h2-5H,6,9H2,1H3. The molecule has 0 unspecified atom stereocenters. The van der Waals surface area contributed by atoms with Gasteiger partial charge >= 0.3 is 0 Å². The molecule has 72 valence electrons. The molecule has 0 aliphatic carbocycles. The summed E-state index contributed by atoms with van der Waals surface area (Å²) in [4.78, 5) is 0. The molecule has 0 aliphatic rings. The zero-order chi connectivity index (χ0) is 9.90. The number of benzene rings is 1. The number of sulfone groups is 1. The molecule has 1 rings (SSSR count). The fraction of sp³-hybridized carbons (Fsp3) is 0.250. The molecular weight excluding hydrogens is 190 g/mol. The minimum Gasteiger partial charge on any atom is -0.478 e. The Labute approximate surface area is 77.2 Å². The van der Waals surface area contributed by atoms with Crippen molar-refractivity contribution in [2.75, 3.05) is 17.9 Å². The maximum Gasteiger partial charge on any atom is 0.188 e. The third-order valence-corrected chi connectivity index (χ3v) is 1.87. The molecule has 0 spiro atoms. The summed E-state index contributed by atoms with van der Waals surface area (Å²) >= 11 is 0. The van der Waals surface area contributed by atoms with Gasteiger partial charge in [-0.25, -0.2) is 8.42 Å². The smallest absolute Gasteiger partial charge is 0.188 e. The molecule has 13 heavy (non-hydrogen) atoms. The highest BCUT2D eigenvalue weighted by Gasteiger charge is 2.02. The van der Waals surface area contributed by atoms with Gasteiger partial charge in [-0.05, 0) is 24.3 Å². The van der Waals surface area contributed by atoms with Gasteiger partial charge in [-0.15, -0.1) is 0 Å². The third-order valence-electron chi connectivity index (χ3n) is 1.32. The Hall–Kier alpha value is -1.23. The van der Waals surface area contributed by atoms with Crippen LogP contribution in [0.15, 0.2) is 24.3 Å². The van der Waals surface area contributed by atoms with E-state index in [0.29, 0.717) is 11.4 Å². The highest BCUT2D eigenvalue weighted by atomic mass is 32.2. The minimum atomic E-state index is -3.09. The van der Waals surface area contributed by atoms with Gasteiger partial charge in [0.1, 0.15) is 5.75 Å². The highest BCUT2D eigenvalue weighted by Crippen LogP contribution is 2.13. The second kappa shape index (κ2) is 3.66. The normalized spacial score (nSPS) is 11.2. The van der Waals surface area contributed by atoms with Crippen molar-refractivity contribution >= 4 is 15.5 Å². The van der Waals surface area contributed by atoms with Crippen molar-refractivity contribution in [3.8, 4) is 5.75 Å². The highest BCUT2D eigenvalue weighted by molar-refractivity contribution is 7.90. The van der Waals surface area contributed by atoms with Gasteiger partial charge in [0.15, 0.2) is 15.8 Å². The Balaban J connectivity index is 2.61. The average molecular weight is 201 g/mol. The lowest BCUT2D eigenvalue weighted by Crippen LogP contribution is -2.09. The molecule has 0 atom stereocenters. The number of nitrogens with two attached hydrogens (primary N) is 1. The fourth-order valence-electron chi connectivity index (χ4n) is 0.739. The average Bonchev–Trinajstić information content (AvgIpc) is 2.02. The monoisotopic (exact) mass is 201 g/mol. The molecule has 0 saturated heterocycles. The van der Waals surface area contributed by atoms with Crippen LogP contribution in [0.2, 0.25) is 0 Å². The first-order valence-electron chi connectivity index (χ1n) is 3.63. The largest absolute Gasteiger partial charge is 0.478 e. The van der Waals surface area contributed by atoms with Crippen molar-refractivity contribution < 1.29 is 13.2 Å². The van der Waals surface area contributed by atoms with E-state index < -0.39 is 9.84 Å². The number of nitrogen functional groups attached to an aromatic ring is 1. The quantitative estimate of drug-likeness (QED) is 0.729. The fourth-order valence-corrected chi connectivity index (χ4v) is 1.09. The summed E-state index contributed by atoms with van der Waals surface area (Å²) in [7, 11) is -3.09. The van der Waals surface area contributed by atoms with Crippen LogP contribution in [0.3, 0.4) is 0 Å². The zero-order valence-corrected chi connectivity index (χ0v) is 8.04. The maximum atomic E-state index is 10.7. The molecule has 4 nitrogen and oxygen atoms in total. The van der Waals surface area contributed by atoms with Crippen LogP contribution in [0.25, 0.3) is 0 Å². The van der Waals surface area contributed by atoms with E-state index in [0.717, 1.165) is 6.26 Å². The lowest BCUT2D eigenvalue weighted by atomic mass is 10.3. The summed E-state index contributed by atoms with van der Waals surface area (Å²) in [6, 6.07) is 6.55. The summed E-state index contributed by atoms with van der Waals surface area (Å²) in [5, 5.41) is 0. The molecule has 2 N–H and O–H groups in total. The molecule has 1 aromatic rings. The van der Waals surface area contributed by atoms with Gasteiger partial charge in [-0.3, -0.25) is 0 Å². The van der Waals surface area contributed by atoms with E-state index in [9.17, 15) is 8.42 Å². The molecule has 0 fully saturated rings. The Kier molecular flexibility index (Phi) is 2.77. The van der Waals surface area contributed by atoms with Crippen molar-refractivity contribution in [1.29, 1.82) is 0 Å². The Morgan fingerprint density at radius 2 is 1.85 bits per heavy atom. The zero-order valence-electron chi connectivity index (χ0n) is 7.23. The SMILES string of the molecule is CS(=O)(=O)COc1ccc(N)cc1. The van der Waals surface area contributed by atoms with Gasteiger partial charge in [-0.2, -0.15) is 0 Å². The lowest BCUT2D eigenvalue weighted by Gasteiger charge is -2.03. The Morgan fingerprint density at radius 1 is 1.31 bits per heavy atom. The van der Waals surface area contributed by atoms with Crippen LogP contribution in [0.5, 0.6) is 5.75 Å². The maximum absolute atomic E-state index is 10.7. The molecule has 0 aromatic heterocycles. The number of ether oxygens (including phenoxy) is 1. The molecule has 0 heterocycles. The van der Waals surface area contributed by atoms with Crippen LogP contribution >= 0.6 is 0 Å². The van der Waals surface area contributed by atoms with Crippen LogP contribution < -0.4 is 10.5 Å². The Bertz CT molecular complexity index is 369. The van der Waals surface area contributed by atoms with Crippen molar-refractivity contribution in [3.05, 3.63) is 24.3 Å². The molecule has 0 bridgehead atoms. The summed E-state index contributed by atoms with van der Waals surface area (Å²) in [6.07, 6.45) is 1.12.